The number of carbonyl (C=O) groups is 3. The lowest BCUT2D eigenvalue weighted by atomic mass is 9.94. The van der Waals surface area contributed by atoms with Crippen LogP contribution in [0.2, 0.25) is 0 Å². The number of hydrogen-bond acceptors (Lipinski definition) is 4. The summed E-state index contributed by atoms with van der Waals surface area (Å²) in [6.07, 6.45) is 1.41. The largest absolute Gasteiger partial charge is 0.355 e. The number of likely N-dealkylation sites (tertiary alicyclic amines) is 1. The molecule has 2 fully saturated rings. The molecule has 0 bridgehead atoms. The number of piperidine rings is 1. The molecule has 2 aliphatic heterocycles. The molecule has 2 heterocycles. The van der Waals surface area contributed by atoms with Crippen LogP contribution in [-0.2, 0) is 9.59 Å². The Morgan fingerprint density at radius 1 is 0.875 bits per heavy atom. The van der Waals surface area contributed by atoms with Crippen LogP contribution in [0.5, 0.6) is 0 Å². The highest BCUT2D eigenvalue weighted by molar-refractivity contribution is 6.07. The minimum absolute atomic E-state index is 0.0264. The average molecular weight is 437 g/mol. The monoisotopic (exact) mass is 436 g/mol. The van der Waals surface area contributed by atoms with E-state index in [2.05, 4.69) is 10.2 Å². The molecule has 1 N–H and O–H groups in total. The van der Waals surface area contributed by atoms with Gasteiger partial charge in [0.1, 0.15) is 0 Å². The molecule has 7 nitrogen and oxygen atoms in total. The summed E-state index contributed by atoms with van der Waals surface area (Å²) in [6.45, 7) is 6.92. The van der Waals surface area contributed by atoms with Crippen LogP contribution >= 0.6 is 0 Å². The van der Waals surface area contributed by atoms with Crippen LogP contribution in [0.3, 0.4) is 0 Å². The molecular weight excluding hydrogens is 404 g/mol. The molecule has 4 rings (SSSR count). The van der Waals surface area contributed by atoms with Gasteiger partial charge in [0.05, 0.1) is 6.54 Å². The molecule has 0 aliphatic carbocycles. The minimum atomic E-state index is -0.0264. The maximum Gasteiger partial charge on any atom is 0.254 e. The maximum absolute atomic E-state index is 13.2. The van der Waals surface area contributed by atoms with Gasteiger partial charge in [-0.25, -0.2) is 0 Å². The Morgan fingerprint density at radius 2 is 1.56 bits per heavy atom. The quantitative estimate of drug-likeness (QED) is 0.778. The Hall–Kier alpha value is -2.93. The third-order valence-electron chi connectivity index (χ3n) is 6.58. The van der Waals surface area contributed by atoms with Crippen molar-refractivity contribution in [3.05, 3.63) is 48.0 Å². The lowest BCUT2D eigenvalue weighted by Gasteiger charge is -2.38. The molecule has 2 saturated heterocycles. The Balaban J connectivity index is 1.29. The molecule has 0 aromatic heterocycles. The molecule has 7 heteroatoms. The average Bonchev–Trinajstić information content (AvgIpc) is 2.83. The standard InChI is InChI=1S/C25H32N4O3/c1-2-26-23(30)18-27-14-16-29(17-15-27)24(31)20-10-12-28(13-11-20)25(32)22-9-5-7-19-6-3-4-8-21(19)22/h3-9,20H,2,10-18H2,1H3,(H,26,30). The fraction of sp³-hybridized carbons (Fsp3) is 0.480. The first kappa shape index (κ1) is 22.3. The summed E-state index contributed by atoms with van der Waals surface area (Å²) in [6, 6.07) is 13.8. The first-order chi connectivity index (χ1) is 15.6. The third-order valence-corrected chi connectivity index (χ3v) is 6.58. The van der Waals surface area contributed by atoms with Crippen LogP contribution in [0.4, 0.5) is 0 Å². The van der Waals surface area contributed by atoms with Crippen molar-refractivity contribution in [3.63, 3.8) is 0 Å². The number of rotatable bonds is 5. The molecule has 2 aromatic carbocycles. The van der Waals surface area contributed by atoms with E-state index in [9.17, 15) is 14.4 Å². The highest BCUT2D eigenvalue weighted by Crippen LogP contribution is 2.25. The molecular formula is C25H32N4O3. The smallest absolute Gasteiger partial charge is 0.254 e. The second-order valence-corrected chi connectivity index (χ2v) is 8.65. The Kier molecular flexibility index (Phi) is 7.05. The van der Waals surface area contributed by atoms with E-state index in [1.54, 1.807) is 0 Å². The van der Waals surface area contributed by atoms with Crippen LogP contribution in [0.15, 0.2) is 42.5 Å². The maximum atomic E-state index is 13.2. The molecule has 2 aliphatic rings. The van der Waals surface area contributed by atoms with Crippen LogP contribution in [0.25, 0.3) is 10.8 Å². The van der Waals surface area contributed by atoms with Gasteiger partial charge in [-0.3, -0.25) is 19.3 Å². The van der Waals surface area contributed by atoms with Crippen LogP contribution in [0, 0.1) is 5.92 Å². The summed E-state index contributed by atoms with van der Waals surface area (Å²) in [5, 5.41) is 4.86. The number of piperazine rings is 1. The van der Waals surface area contributed by atoms with Gasteiger partial charge in [-0.05, 0) is 36.6 Å². The second kappa shape index (κ2) is 10.1. The number of hydrogen-bond donors (Lipinski definition) is 1. The van der Waals surface area contributed by atoms with Crippen molar-refractivity contribution >= 4 is 28.5 Å². The molecule has 0 unspecified atom stereocenters. The van der Waals surface area contributed by atoms with E-state index in [4.69, 9.17) is 0 Å². The topological polar surface area (TPSA) is 73.0 Å². The van der Waals surface area contributed by atoms with Gasteiger partial charge in [-0.15, -0.1) is 0 Å². The number of nitrogens with zero attached hydrogens (tertiary/aromatic N) is 3. The number of fused-ring (bicyclic) bond motifs is 1. The zero-order valence-corrected chi connectivity index (χ0v) is 18.8. The van der Waals surface area contributed by atoms with Gasteiger partial charge in [-0.1, -0.05) is 36.4 Å². The Bertz CT molecular complexity index is 971. The predicted octanol–water partition coefficient (Wildman–Crippen LogP) is 1.97. The molecule has 0 atom stereocenters. The number of amides is 3. The molecule has 0 saturated carbocycles. The summed E-state index contributed by atoms with van der Waals surface area (Å²) >= 11 is 0. The summed E-state index contributed by atoms with van der Waals surface area (Å²) in [7, 11) is 0. The zero-order chi connectivity index (χ0) is 22.5. The fourth-order valence-electron chi connectivity index (χ4n) is 4.75. The van der Waals surface area contributed by atoms with Crippen molar-refractivity contribution in [2.45, 2.75) is 19.8 Å². The van der Waals surface area contributed by atoms with E-state index in [1.807, 2.05) is 59.2 Å². The zero-order valence-electron chi connectivity index (χ0n) is 18.8. The second-order valence-electron chi connectivity index (χ2n) is 8.65. The first-order valence-corrected chi connectivity index (χ1v) is 11.6. The van der Waals surface area contributed by atoms with Gasteiger partial charge in [0.25, 0.3) is 5.91 Å². The van der Waals surface area contributed by atoms with E-state index in [-0.39, 0.29) is 23.6 Å². The number of likely N-dealkylation sites (N-methyl/N-ethyl adjacent to an activating group) is 1. The van der Waals surface area contributed by atoms with E-state index in [0.29, 0.717) is 52.1 Å². The molecule has 0 spiro atoms. The highest BCUT2D eigenvalue weighted by atomic mass is 16.2. The summed E-state index contributed by atoms with van der Waals surface area (Å²) in [5.41, 5.74) is 0.733. The fourth-order valence-corrected chi connectivity index (χ4v) is 4.75. The lowest BCUT2D eigenvalue weighted by molar-refractivity contribution is -0.138. The molecule has 2 aromatic rings. The van der Waals surface area contributed by atoms with Crippen molar-refractivity contribution < 1.29 is 14.4 Å². The van der Waals surface area contributed by atoms with E-state index in [0.717, 1.165) is 29.4 Å². The van der Waals surface area contributed by atoms with Crippen molar-refractivity contribution in [2.75, 3.05) is 52.4 Å². The SMILES string of the molecule is CCNC(=O)CN1CCN(C(=O)C2CCN(C(=O)c3cccc4ccccc34)CC2)CC1. The van der Waals surface area contributed by atoms with Gasteiger partial charge in [0, 0.05) is 57.3 Å². The highest BCUT2D eigenvalue weighted by Gasteiger charge is 2.32. The Labute approximate surface area is 189 Å². The lowest BCUT2D eigenvalue weighted by Crippen LogP contribution is -2.53. The number of nitrogens with one attached hydrogen (secondary N) is 1. The van der Waals surface area contributed by atoms with E-state index >= 15 is 0 Å². The van der Waals surface area contributed by atoms with E-state index < -0.39 is 0 Å². The number of benzene rings is 2. The van der Waals surface area contributed by atoms with Gasteiger partial charge < -0.3 is 15.1 Å². The predicted molar refractivity (Wildman–Crippen MR) is 124 cm³/mol. The molecule has 0 radical (unpaired) electrons. The van der Waals surface area contributed by atoms with Crippen molar-refractivity contribution in [1.82, 2.24) is 20.0 Å². The van der Waals surface area contributed by atoms with Gasteiger partial charge in [0.2, 0.25) is 11.8 Å². The van der Waals surface area contributed by atoms with Crippen LogP contribution in [0.1, 0.15) is 30.1 Å². The van der Waals surface area contributed by atoms with Gasteiger partial charge >= 0.3 is 0 Å². The van der Waals surface area contributed by atoms with Gasteiger partial charge in [-0.2, -0.15) is 0 Å². The van der Waals surface area contributed by atoms with Gasteiger partial charge in [0.15, 0.2) is 0 Å². The minimum Gasteiger partial charge on any atom is -0.355 e. The molecule has 3 amide bonds. The molecule has 32 heavy (non-hydrogen) atoms. The van der Waals surface area contributed by atoms with Crippen molar-refractivity contribution in [1.29, 1.82) is 0 Å². The third kappa shape index (κ3) is 4.93. The van der Waals surface area contributed by atoms with Crippen molar-refractivity contribution in [3.8, 4) is 0 Å². The molecule has 170 valence electrons. The summed E-state index contributed by atoms with van der Waals surface area (Å²) in [4.78, 5) is 43.9. The Morgan fingerprint density at radius 3 is 2.28 bits per heavy atom. The summed E-state index contributed by atoms with van der Waals surface area (Å²) < 4.78 is 0. The first-order valence-electron chi connectivity index (χ1n) is 11.6. The van der Waals surface area contributed by atoms with Crippen LogP contribution in [-0.4, -0.2) is 84.8 Å². The normalized spacial score (nSPS) is 18.0. The van der Waals surface area contributed by atoms with Crippen molar-refractivity contribution in [2.24, 2.45) is 5.92 Å². The number of carbonyl (C=O) groups excluding carboxylic acids is 3. The summed E-state index contributed by atoms with van der Waals surface area (Å²) in [5.74, 6) is 0.253. The van der Waals surface area contributed by atoms with Crippen LogP contribution < -0.4 is 5.32 Å². The van der Waals surface area contributed by atoms with E-state index in [1.165, 1.54) is 0 Å².